The maximum atomic E-state index is 5.71. The summed E-state index contributed by atoms with van der Waals surface area (Å²) in [6.07, 6.45) is 2.98. The van der Waals surface area contributed by atoms with Gasteiger partial charge in [-0.25, -0.2) is 0 Å². The van der Waals surface area contributed by atoms with Crippen LogP contribution in [0.2, 0.25) is 0 Å². The molecule has 0 aromatic heterocycles. The highest BCUT2D eigenvalue weighted by atomic mass is 35.5. The van der Waals surface area contributed by atoms with Crippen LogP contribution in [0.25, 0.3) is 0 Å². The maximum Gasteiger partial charge on any atom is 0.0862 e. The zero-order chi connectivity index (χ0) is 7.68. The predicted octanol–water partition coefficient (Wildman–Crippen LogP) is 0.561. The third-order valence-electron chi connectivity index (χ3n) is 2.63. The molecule has 0 bridgehead atoms. The van der Waals surface area contributed by atoms with Crippen LogP contribution < -0.4 is 5.73 Å². The molecule has 72 valence electrons. The van der Waals surface area contributed by atoms with Gasteiger partial charge in [-0.05, 0) is 12.8 Å². The maximum absolute atomic E-state index is 5.71. The Hall–Kier alpha value is 0.170. The number of halogens is 1. The minimum Gasteiger partial charge on any atom is -0.378 e. The van der Waals surface area contributed by atoms with Gasteiger partial charge in [-0.3, -0.25) is 0 Å². The fourth-order valence-corrected chi connectivity index (χ4v) is 1.89. The second kappa shape index (κ2) is 4.42. The lowest BCUT2D eigenvalue weighted by atomic mass is 9.94. The predicted molar refractivity (Wildman–Crippen MR) is 48.5 cm³/mol. The van der Waals surface area contributed by atoms with Crippen molar-refractivity contribution in [1.82, 2.24) is 0 Å². The Kier molecular flexibility index (Phi) is 3.77. The molecule has 0 amide bonds. The van der Waals surface area contributed by atoms with E-state index >= 15 is 0 Å². The first-order valence-electron chi connectivity index (χ1n) is 4.33. The van der Waals surface area contributed by atoms with Crippen LogP contribution in [-0.2, 0) is 9.47 Å². The van der Waals surface area contributed by atoms with Gasteiger partial charge in [0, 0.05) is 12.5 Å². The molecule has 4 heteroatoms. The highest BCUT2D eigenvalue weighted by Gasteiger charge is 2.34. The van der Waals surface area contributed by atoms with Gasteiger partial charge in [0.25, 0.3) is 0 Å². The molecule has 2 fully saturated rings. The van der Waals surface area contributed by atoms with Crippen molar-refractivity contribution in [3.05, 3.63) is 0 Å². The Morgan fingerprint density at radius 1 is 1.25 bits per heavy atom. The van der Waals surface area contributed by atoms with Crippen molar-refractivity contribution in [2.24, 2.45) is 11.7 Å². The van der Waals surface area contributed by atoms with Gasteiger partial charge in [-0.15, -0.1) is 12.4 Å². The summed E-state index contributed by atoms with van der Waals surface area (Å²) in [5, 5.41) is 0. The number of hydrogen-bond acceptors (Lipinski definition) is 3. The summed E-state index contributed by atoms with van der Waals surface area (Å²) in [7, 11) is 0. The van der Waals surface area contributed by atoms with Crippen LogP contribution >= 0.6 is 12.4 Å². The Balaban J connectivity index is 0.000000720. The molecular weight excluding hydrogens is 178 g/mol. The molecule has 12 heavy (non-hydrogen) atoms. The van der Waals surface area contributed by atoms with Crippen molar-refractivity contribution in [3.63, 3.8) is 0 Å². The molecule has 0 aromatic carbocycles. The smallest absolute Gasteiger partial charge is 0.0862 e. The molecule has 3 nitrogen and oxygen atoms in total. The summed E-state index contributed by atoms with van der Waals surface area (Å²) in [5.74, 6) is 0.651. The van der Waals surface area contributed by atoms with Gasteiger partial charge < -0.3 is 15.2 Å². The first kappa shape index (κ1) is 10.3. The third kappa shape index (κ3) is 1.91. The lowest BCUT2D eigenvalue weighted by molar-refractivity contribution is -0.0605. The molecule has 2 saturated heterocycles. The summed E-state index contributed by atoms with van der Waals surface area (Å²) in [4.78, 5) is 0. The fraction of sp³-hybridized carbons (Fsp3) is 1.00. The number of hydrogen-bond donors (Lipinski definition) is 1. The Morgan fingerprint density at radius 2 is 2.08 bits per heavy atom. The largest absolute Gasteiger partial charge is 0.378 e. The summed E-state index contributed by atoms with van der Waals surface area (Å²) >= 11 is 0. The molecule has 2 aliphatic heterocycles. The summed E-state index contributed by atoms with van der Waals surface area (Å²) < 4.78 is 11.0. The number of rotatable bonds is 1. The average Bonchev–Trinajstić information content (AvgIpc) is 2.50. The quantitative estimate of drug-likeness (QED) is 0.662. The first-order chi connectivity index (χ1) is 5.40. The molecule has 0 radical (unpaired) electrons. The first-order valence-corrected chi connectivity index (χ1v) is 4.33. The Bertz CT molecular complexity index is 145. The van der Waals surface area contributed by atoms with Crippen LogP contribution in [0.1, 0.15) is 12.8 Å². The molecule has 3 atom stereocenters. The van der Waals surface area contributed by atoms with Gasteiger partial charge in [0.1, 0.15) is 0 Å². The zero-order valence-electron chi connectivity index (χ0n) is 7.07. The highest BCUT2D eigenvalue weighted by Crippen LogP contribution is 2.29. The molecule has 2 aliphatic rings. The van der Waals surface area contributed by atoms with E-state index in [2.05, 4.69) is 0 Å². The van der Waals surface area contributed by atoms with Crippen molar-refractivity contribution in [3.8, 4) is 0 Å². The van der Waals surface area contributed by atoms with E-state index in [-0.39, 0.29) is 18.5 Å². The Morgan fingerprint density at radius 3 is 2.83 bits per heavy atom. The van der Waals surface area contributed by atoms with Gasteiger partial charge in [-0.2, -0.15) is 0 Å². The van der Waals surface area contributed by atoms with E-state index in [9.17, 15) is 0 Å². The van der Waals surface area contributed by atoms with Crippen molar-refractivity contribution >= 4 is 12.4 Å². The van der Waals surface area contributed by atoms with Crippen molar-refractivity contribution in [2.45, 2.75) is 25.0 Å². The van der Waals surface area contributed by atoms with Crippen LogP contribution in [-0.4, -0.2) is 32.0 Å². The second-order valence-corrected chi connectivity index (χ2v) is 3.41. The van der Waals surface area contributed by atoms with E-state index in [4.69, 9.17) is 15.2 Å². The molecule has 2 rings (SSSR count). The molecular formula is C8H16ClNO2. The molecule has 2 heterocycles. The molecule has 3 unspecified atom stereocenters. The molecule has 0 aliphatic carbocycles. The second-order valence-electron chi connectivity index (χ2n) is 3.41. The fourth-order valence-electron chi connectivity index (χ4n) is 1.89. The molecule has 0 spiro atoms. The van der Waals surface area contributed by atoms with E-state index in [0.717, 1.165) is 19.6 Å². The lowest BCUT2D eigenvalue weighted by Gasteiger charge is -2.30. The van der Waals surface area contributed by atoms with Gasteiger partial charge in [0.2, 0.25) is 0 Å². The topological polar surface area (TPSA) is 44.5 Å². The minimum absolute atomic E-state index is 0. The molecule has 0 aromatic rings. The van der Waals surface area contributed by atoms with Gasteiger partial charge in [0.05, 0.1) is 25.4 Å². The van der Waals surface area contributed by atoms with Crippen LogP contribution in [0, 0.1) is 5.92 Å². The van der Waals surface area contributed by atoms with E-state index in [1.807, 2.05) is 0 Å². The van der Waals surface area contributed by atoms with Gasteiger partial charge >= 0.3 is 0 Å². The van der Waals surface area contributed by atoms with Crippen LogP contribution in [0.5, 0.6) is 0 Å². The van der Waals surface area contributed by atoms with Crippen molar-refractivity contribution in [1.29, 1.82) is 0 Å². The molecule has 0 saturated carbocycles. The van der Waals surface area contributed by atoms with E-state index in [0.29, 0.717) is 18.6 Å². The summed E-state index contributed by atoms with van der Waals surface area (Å²) in [6, 6.07) is 0. The average molecular weight is 194 g/mol. The van der Waals surface area contributed by atoms with E-state index in [1.54, 1.807) is 0 Å². The Labute approximate surface area is 79.0 Å². The number of fused-ring (bicyclic) bond motifs is 1. The normalized spacial score (nSPS) is 40.2. The van der Waals surface area contributed by atoms with Crippen LogP contribution in [0.3, 0.4) is 0 Å². The van der Waals surface area contributed by atoms with Crippen molar-refractivity contribution in [2.75, 3.05) is 19.8 Å². The lowest BCUT2D eigenvalue weighted by Crippen LogP contribution is -2.37. The summed E-state index contributed by atoms with van der Waals surface area (Å²) in [6.45, 7) is 2.33. The zero-order valence-corrected chi connectivity index (χ0v) is 7.89. The highest BCUT2D eigenvalue weighted by molar-refractivity contribution is 5.85. The standard InChI is InChI=1S/C8H15NO2.ClH/c9-3-7-2-1-6-4-10-5-8(6)11-7;/h6-8H,1-5,9H2;1H. The van der Waals surface area contributed by atoms with Gasteiger partial charge in [0.15, 0.2) is 0 Å². The van der Waals surface area contributed by atoms with Crippen molar-refractivity contribution < 1.29 is 9.47 Å². The van der Waals surface area contributed by atoms with Crippen LogP contribution in [0.4, 0.5) is 0 Å². The summed E-state index contributed by atoms with van der Waals surface area (Å²) in [5.41, 5.74) is 5.52. The third-order valence-corrected chi connectivity index (χ3v) is 2.63. The number of nitrogens with two attached hydrogens (primary N) is 1. The SMILES string of the molecule is Cl.NCC1CCC2COCC2O1. The van der Waals surface area contributed by atoms with Gasteiger partial charge in [-0.1, -0.05) is 0 Å². The molecule has 2 N–H and O–H groups in total. The van der Waals surface area contributed by atoms with E-state index in [1.165, 1.54) is 6.42 Å². The number of ether oxygens (including phenoxy) is 2. The van der Waals surface area contributed by atoms with E-state index < -0.39 is 0 Å². The monoisotopic (exact) mass is 193 g/mol. The van der Waals surface area contributed by atoms with Crippen LogP contribution in [0.15, 0.2) is 0 Å². The minimum atomic E-state index is 0.